The molecule has 1 heterocycles. The highest BCUT2D eigenvalue weighted by atomic mass is 31.2. The number of ether oxygens (including phenoxy) is 1. The van der Waals surface area contributed by atoms with Crippen LogP contribution in [0.3, 0.4) is 0 Å². The van der Waals surface area contributed by atoms with E-state index in [1.807, 2.05) is 13.8 Å². The second-order valence-electron chi connectivity index (χ2n) is 10.1. The lowest BCUT2D eigenvalue weighted by Crippen LogP contribution is -2.52. The first kappa shape index (κ1) is 31.3. The summed E-state index contributed by atoms with van der Waals surface area (Å²) in [5, 5.41) is 29.3. The number of hydrogen-bond acceptors (Lipinski definition) is 8. The zero-order valence-corrected chi connectivity index (χ0v) is 23.4. The molecule has 0 aromatic carbocycles. The maximum atomic E-state index is 14.3. The van der Waals surface area contributed by atoms with Crippen molar-refractivity contribution < 1.29 is 43.1 Å². The van der Waals surface area contributed by atoms with Crippen LogP contribution in [0.4, 0.5) is 0 Å². The van der Waals surface area contributed by atoms with Crippen LogP contribution in [-0.2, 0) is 22.9 Å². The number of aliphatic hydroxyl groups excluding tert-OH is 3. The van der Waals surface area contributed by atoms with E-state index in [-0.39, 0.29) is 19.3 Å². The van der Waals surface area contributed by atoms with E-state index in [9.17, 15) is 29.3 Å². The monoisotopic (exact) mass is 512 g/mol. The second-order valence-corrected chi connectivity index (χ2v) is 14.8. The first-order chi connectivity index (χ1) is 14.9. The molecule has 13 heteroatoms. The summed E-state index contributed by atoms with van der Waals surface area (Å²) in [7, 11) is -4.78. The largest absolute Gasteiger partial charge is 0.388 e. The zero-order chi connectivity index (χ0) is 26.0. The molecule has 4 N–H and O–H groups in total. The van der Waals surface area contributed by atoms with Crippen molar-refractivity contribution in [2.24, 2.45) is 0 Å². The Morgan fingerprint density at radius 1 is 1.00 bits per heavy atom. The van der Waals surface area contributed by atoms with Gasteiger partial charge in [-0.15, -0.1) is 0 Å². The van der Waals surface area contributed by atoms with Crippen LogP contribution >= 0.6 is 14.8 Å². The summed E-state index contributed by atoms with van der Waals surface area (Å²) in [5.41, 5.74) is -2.30. The normalized spacial score (nSPS) is 33.8. The van der Waals surface area contributed by atoms with Crippen LogP contribution in [0.5, 0.6) is 0 Å². The summed E-state index contributed by atoms with van der Waals surface area (Å²) in [5.74, 6) is -1.54. The van der Waals surface area contributed by atoms with E-state index in [0.29, 0.717) is 12.8 Å². The van der Waals surface area contributed by atoms with Gasteiger partial charge in [0.15, 0.2) is 13.1 Å². The smallest absolute Gasteiger partial charge is 0.356 e. The molecule has 33 heavy (non-hydrogen) atoms. The van der Waals surface area contributed by atoms with Crippen molar-refractivity contribution in [3.05, 3.63) is 0 Å². The fraction of sp³-hybridized carbons (Fsp3) is 1.00. The third-order valence-electron chi connectivity index (χ3n) is 7.85. The fourth-order valence-electron chi connectivity index (χ4n) is 4.51. The van der Waals surface area contributed by atoms with Crippen LogP contribution in [0.25, 0.3) is 0 Å². The van der Waals surface area contributed by atoms with Crippen LogP contribution in [0.2, 0.25) is 0 Å². The van der Waals surface area contributed by atoms with Gasteiger partial charge in [0, 0.05) is 6.42 Å². The van der Waals surface area contributed by atoms with Gasteiger partial charge in [-0.3, -0.25) is 9.09 Å². The zero-order valence-electron chi connectivity index (χ0n) is 21.6. The minimum atomic E-state index is -4.41. The number of rotatable bonds is 13. The highest BCUT2D eigenvalue weighted by molar-refractivity contribution is 7.84. The van der Waals surface area contributed by atoms with Gasteiger partial charge < -0.3 is 34.0 Å². The Hall–Kier alpha value is 0.310. The summed E-state index contributed by atoms with van der Waals surface area (Å²) in [6, 6.07) is -0.527. The van der Waals surface area contributed by atoms with E-state index in [1.54, 1.807) is 42.5 Å². The van der Waals surface area contributed by atoms with Gasteiger partial charge in [-0.05, 0) is 46.5 Å². The molecule has 0 saturated carbocycles. The van der Waals surface area contributed by atoms with Crippen LogP contribution in [0.1, 0.15) is 80.6 Å². The Labute approximate surface area is 200 Å². The summed E-state index contributed by atoms with van der Waals surface area (Å²) in [6.45, 7) is 12.2. The predicted octanol–water partition coefficient (Wildman–Crippen LogP) is 1.74. The first-order valence-corrected chi connectivity index (χ1v) is 15.6. The fourth-order valence-corrected chi connectivity index (χ4v) is 8.96. The molecule has 1 saturated heterocycles. The Kier molecular flexibility index (Phi) is 10.6. The molecule has 194 valence electrons. The molecular weight excluding hydrogens is 468 g/mol. The van der Waals surface area contributed by atoms with Crippen molar-refractivity contribution in [2.75, 3.05) is 0 Å². The van der Waals surface area contributed by atoms with Crippen molar-refractivity contribution in [2.45, 2.75) is 127 Å². The Bertz CT molecular complexity index is 759. The lowest BCUT2D eigenvalue weighted by molar-refractivity contribution is -0.0374. The molecule has 1 rings (SSSR count). The maximum absolute atomic E-state index is 14.3. The van der Waals surface area contributed by atoms with E-state index >= 15 is 0 Å². The first-order valence-electron chi connectivity index (χ1n) is 11.9. The Balaban J connectivity index is 3.30. The molecule has 6 unspecified atom stereocenters. The Morgan fingerprint density at radius 2 is 1.55 bits per heavy atom. The number of hydrogen-bond donors (Lipinski definition) is 4. The molecule has 10 atom stereocenters. The topological polar surface area (TPSA) is 143 Å². The SMILES string of the molecule is B[C@@H]1O[C@H](CC(C)(CC)OP(B)(=O)C(C)(CC)C(C)(CC)OP(=O)(O)C(O)CC)[C@@H](O)[C@H]1O. The van der Waals surface area contributed by atoms with Crippen molar-refractivity contribution in [1.82, 2.24) is 0 Å². The average molecular weight is 512 g/mol. The summed E-state index contributed by atoms with van der Waals surface area (Å²) in [4.78, 5) is 10.4. The van der Waals surface area contributed by atoms with Crippen LogP contribution in [0, 0.1) is 0 Å². The lowest BCUT2D eigenvalue weighted by Gasteiger charge is -2.51. The molecule has 0 radical (unpaired) electrons. The van der Waals surface area contributed by atoms with Gasteiger partial charge in [-0.25, -0.2) is 0 Å². The number of aliphatic hydroxyl groups is 3. The molecular formula is C20H44B2O9P2. The van der Waals surface area contributed by atoms with Crippen molar-refractivity contribution in [3.63, 3.8) is 0 Å². The van der Waals surface area contributed by atoms with E-state index in [4.69, 9.17) is 13.8 Å². The third kappa shape index (κ3) is 6.36. The lowest BCUT2D eigenvalue weighted by atomic mass is 9.85. The second kappa shape index (κ2) is 11.1. The van der Waals surface area contributed by atoms with Gasteiger partial charge >= 0.3 is 7.60 Å². The molecule has 1 aliphatic rings. The molecule has 1 aliphatic heterocycles. The quantitative estimate of drug-likeness (QED) is 0.214. The molecule has 0 amide bonds. The highest BCUT2D eigenvalue weighted by Crippen LogP contribution is 2.68. The maximum Gasteiger partial charge on any atom is 0.356 e. The van der Waals surface area contributed by atoms with E-state index < -0.39 is 61.4 Å². The summed E-state index contributed by atoms with van der Waals surface area (Å²) in [6.07, 6.45) is -1.48. The molecule has 9 nitrogen and oxygen atoms in total. The Morgan fingerprint density at radius 3 is 1.91 bits per heavy atom. The standard InChI is InChI=1S/C20H44B2O9P2/c1-8-14(23)32(26,27)31-19(6,10-3)20(7,11-4)33(22,28)30-18(5,9-2)12-13-15(24)16(25)17(21)29-13/h13-17,23-25H,8-12,21-22H2,1-7H3,(H,26,27)/t13-,14?,15-,16-,17-,18?,19?,20?,33?/m1/s1. The van der Waals surface area contributed by atoms with Gasteiger partial charge in [-0.1, -0.05) is 27.7 Å². The van der Waals surface area contributed by atoms with E-state index in [2.05, 4.69) is 0 Å². The van der Waals surface area contributed by atoms with Gasteiger partial charge in [-0.2, -0.15) is 0 Å². The van der Waals surface area contributed by atoms with E-state index in [1.165, 1.54) is 7.57 Å². The molecule has 0 aliphatic carbocycles. The van der Waals surface area contributed by atoms with Gasteiger partial charge in [0.25, 0.3) is 0 Å². The highest BCUT2D eigenvalue weighted by Gasteiger charge is 2.58. The van der Waals surface area contributed by atoms with E-state index in [0.717, 1.165) is 0 Å². The summed E-state index contributed by atoms with van der Waals surface area (Å²) < 4.78 is 44.8. The van der Waals surface area contributed by atoms with Gasteiger partial charge in [0.05, 0.1) is 28.5 Å². The van der Waals surface area contributed by atoms with Gasteiger partial charge in [0.1, 0.15) is 20.1 Å². The molecule has 0 spiro atoms. The van der Waals surface area contributed by atoms with Crippen molar-refractivity contribution in [3.8, 4) is 0 Å². The molecule has 0 aromatic heterocycles. The van der Waals surface area contributed by atoms with Crippen molar-refractivity contribution >= 4 is 30.3 Å². The van der Waals surface area contributed by atoms with Gasteiger partial charge in [0.2, 0.25) is 7.57 Å². The third-order valence-corrected chi connectivity index (χ3v) is 13.0. The molecule has 0 bridgehead atoms. The predicted molar refractivity (Wildman–Crippen MR) is 134 cm³/mol. The minimum absolute atomic E-state index is 0.0403. The molecule has 0 aromatic rings. The molecule has 1 fully saturated rings. The van der Waals surface area contributed by atoms with Crippen LogP contribution < -0.4 is 0 Å². The van der Waals surface area contributed by atoms with Crippen molar-refractivity contribution in [1.29, 1.82) is 0 Å². The average Bonchev–Trinajstić information content (AvgIpc) is 2.97. The van der Waals surface area contributed by atoms with Crippen LogP contribution in [-0.4, -0.2) is 82.1 Å². The van der Waals surface area contributed by atoms with Crippen LogP contribution in [0.15, 0.2) is 0 Å². The summed E-state index contributed by atoms with van der Waals surface area (Å²) >= 11 is 0. The minimum Gasteiger partial charge on any atom is -0.388 e.